The smallest absolute Gasteiger partial charge is 0.220 e. The number of allylic oxidation sites excluding steroid dienone is 4. The molecule has 0 aliphatic carbocycles. The lowest BCUT2D eigenvalue weighted by Crippen LogP contribution is -2.50. The van der Waals surface area contributed by atoms with Crippen molar-refractivity contribution in [1.29, 1.82) is 0 Å². The molecule has 3 atom stereocenters. The lowest BCUT2D eigenvalue weighted by atomic mass is 9.99. The molecule has 4 N–H and O–H groups in total. The van der Waals surface area contributed by atoms with E-state index in [1.54, 1.807) is 0 Å². The molecule has 3 unspecified atom stereocenters. The van der Waals surface area contributed by atoms with Gasteiger partial charge in [-0.2, -0.15) is 0 Å². The van der Waals surface area contributed by atoms with Gasteiger partial charge in [-0.25, -0.2) is 0 Å². The van der Waals surface area contributed by atoms with Crippen molar-refractivity contribution < 1.29 is 20.1 Å². The van der Waals surface area contributed by atoms with Gasteiger partial charge in [0.2, 0.25) is 5.91 Å². The summed E-state index contributed by atoms with van der Waals surface area (Å²) in [5.74, 6) is -0.139. The summed E-state index contributed by atoms with van der Waals surface area (Å²) in [6, 6.07) is -0.808. The monoisotopic (exact) mass is 944 g/mol. The minimum atomic E-state index is -1.13. The lowest BCUT2D eigenvalue weighted by Gasteiger charge is -2.26. The quantitative estimate of drug-likeness (QED) is 0.0361. The van der Waals surface area contributed by atoms with Crippen LogP contribution in [-0.4, -0.2) is 46.1 Å². The third-order valence-electron chi connectivity index (χ3n) is 14.6. The number of amides is 1. The van der Waals surface area contributed by atoms with Crippen LogP contribution in [0.25, 0.3) is 0 Å². The van der Waals surface area contributed by atoms with Crippen LogP contribution in [0.3, 0.4) is 0 Å². The molecule has 0 bridgehead atoms. The van der Waals surface area contributed by atoms with Gasteiger partial charge in [0.1, 0.15) is 6.10 Å². The van der Waals surface area contributed by atoms with Crippen molar-refractivity contribution in [2.24, 2.45) is 0 Å². The summed E-state index contributed by atoms with van der Waals surface area (Å²) in [7, 11) is 0. The van der Waals surface area contributed by atoms with Gasteiger partial charge < -0.3 is 20.6 Å². The van der Waals surface area contributed by atoms with Crippen LogP contribution in [0.1, 0.15) is 341 Å². The van der Waals surface area contributed by atoms with Crippen LogP contribution in [0, 0.1) is 0 Å². The first-order valence-corrected chi connectivity index (χ1v) is 30.6. The molecule has 0 aliphatic heterocycles. The highest BCUT2D eigenvalue weighted by Crippen LogP contribution is 2.18. The molecule has 0 saturated carbocycles. The van der Waals surface area contributed by atoms with Crippen molar-refractivity contribution in [2.45, 2.75) is 360 Å². The Balaban J connectivity index is 3.47. The van der Waals surface area contributed by atoms with Crippen LogP contribution in [0.2, 0.25) is 0 Å². The molecule has 0 aromatic carbocycles. The summed E-state index contributed by atoms with van der Waals surface area (Å²) in [6.45, 7) is 4.22. The van der Waals surface area contributed by atoms with Gasteiger partial charge in [0.05, 0.1) is 18.8 Å². The number of carbonyl (C=O) groups is 1. The van der Waals surface area contributed by atoms with E-state index >= 15 is 0 Å². The first-order chi connectivity index (χ1) is 33.1. The van der Waals surface area contributed by atoms with Crippen LogP contribution in [-0.2, 0) is 4.79 Å². The fraction of sp³-hybridized carbons (Fsp3) is 0.919. The number of carbonyl (C=O) groups excluding carboxylic acids is 1. The van der Waals surface area contributed by atoms with Crippen molar-refractivity contribution in [1.82, 2.24) is 5.32 Å². The topological polar surface area (TPSA) is 89.8 Å². The van der Waals surface area contributed by atoms with E-state index in [1.807, 2.05) is 0 Å². The number of unbranched alkanes of at least 4 members (excludes halogenated alkanes) is 45. The molecular weight excluding hydrogens is 823 g/mol. The van der Waals surface area contributed by atoms with E-state index in [0.29, 0.717) is 12.8 Å². The Morgan fingerprint density at radius 1 is 0.373 bits per heavy atom. The van der Waals surface area contributed by atoms with E-state index in [9.17, 15) is 20.1 Å². The van der Waals surface area contributed by atoms with Gasteiger partial charge in [-0.3, -0.25) is 4.79 Å². The van der Waals surface area contributed by atoms with Crippen LogP contribution in [0.15, 0.2) is 24.3 Å². The van der Waals surface area contributed by atoms with Gasteiger partial charge in [0.25, 0.3) is 0 Å². The molecule has 5 heteroatoms. The molecule has 1 amide bonds. The van der Waals surface area contributed by atoms with E-state index < -0.39 is 18.2 Å². The summed E-state index contributed by atoms with van der Waals surface area (Å²) >= 11 is 0. The van der Waals surface area contributed by atoms with Crippen LogP contribution in [0.5, 0.6) is 0 Å². The zero-order valence-electron chi connectivity index (χ0n) is 45.6. The lowest BCUT2D eigenvalue weighted by molar-refractivity contribution is -0.124. The molecule has 0 radical (unpaired) electrons. The molecule has 67 heavy (non-hydrogen) atoms. The molecule has 0 fully saturated rings. The standard InChI is InChI=1S/C62H121NO4/c1-3-5-7-9-11-13-15-17-19-21-23-24-25-26-27-28-29-30-31-32-33-34-35-36-37-38-39-41-43-45-47-49-51-53-55-57-61(66)63-59(58-64)62(67)60(65)56-54-52-50-48-46-44-42-40-22-20-18-16-14-12-10-8-6-4-2/h25-26,28-29,59-60,62,64-65,67H,3-24,27,30-58H2,1-2H3,(H,63,66)/b26-25-,29-28-. The average Bonchev–Trinajstić information content (AvgIpc) is 3.33. The molecule has 5 nitrogen and oxygen atoms in total. The third-order valence-corrected chi connectivity index (χ3v) is 14.6. The number of rotatable bonds is 57. The summed E-state index contributed by atoms with van der Waals surface area (Å²) in [5, 5.41) is 33.8. The van der Waals surface area contributed by atoms with E-state index in [0.717, 1.165) is 38.5 Å². The predicted molar refractivity (Wildman–Crippen MR) is 296 cm³/mol. The first kappa shape index (κ1) is 65.8. The molecule has 0 rings (SSSR count). The Labute approximate surface area is 420 Å². The summed E-state index contributed by atoms with van der Waals surface area (Å²) in [4.78, 5) is 12.5. The second-order valence-corrected chi connectivity index (χ2v) is 21.3. The van der Waals surface area contributed by atoms with E-state index in [4.69, 9.17) is 0 Å². The van der Waals surface area contributed by atoms with Gasteiger partial charge in [-0.1, -0.05) is 314 Å². The first-order valence-electron chi connectivity index (χ1n) is 30.6. The van der Waals surface area contributed by atoms with Crippen molar-refractivity contribution in [3.8, 4) is 0 Å². The van der Waals surface area contributed by atoms with Crippen molar-refractivity contribution >= 4 is 5.91 Å². The van der Waals surface area contributed by atoms with E-state index in [-0.39, 0.29) is 12.5 Å². The Morgan fingerprint density at radius 3 is 0.940 bits per heavy atom. The third kappa shape index (κ3) is 52.5. The molecule has 0 aromatic rings. The zero-order valence-corrected chi connectivity index (χ0v) is 45.6. The maximum Gasteiger partial charge on any atom is 0.220 e. The van der Waals surface area contributed by atoms with E-state index in [2.05, 4.69) is 43.5 Å². The van der Waals surface area contributed by atoms with Crippen LogP contribution >= 0.6 is 0 Å². The SMILES string of the molecule is CCCCCCCCCCCCC/C=C\C/C=C\CCCCCCCCCCCCCCCCCCCC(=O)NC(CO)C(O)C(O)CCCCCCCCCCCCCCCCCCCC. The largest absolute Gasteiger partial charge is 0.394 e. The molecule has 398 valence electrons. The zero-order chi connectivity index (χ0) is 48.6. The second kappa shape index (κ2) is 57.4. The molecule has 0 spiro atoms. The molecule has 0 aromatic heterocycles. The summed E-state index contributed by atoms with van der Waals surface area (Å²) < 4.78 is 0. The Morgan fingerprint density at radius 2 is 0.642 bits per heavy atom. The Kier molecular flexibility index (Phi) is 56.4. The minimum absolute atomic E-state index is 0.139. The number of aliphatic hydroxyl groups excluding tert-OH is 3. The highest BCUT2D eigenvalue weighted by Gasteiger charge is 2.26. The summed E-state index contributed by atoms with van der Waals surface area (Å²) in [5.41, 5.74) is 0. The highest BCUT2D eigenvalue weighted by atomic mass is 16.3. The van der Waals surface area contributed by atoms with Crippen LogP contribution in [0.4, 0.5) is 0 Å². The van der Waals surface area contributed by atoms with E-state index in [1.165, 1.54) is 276 Å². The number of hydrogen-bond donors (Lipinski definition) is 4. The van der Waals surface area contributed by atoms with Crippen molar-refractivity contribution in [2.75, 3.05) is 6.61 Å². The number of hydrogen-bond acceptors (Lipinski definition) is 4. The maximum atomic E-state index is 12.5. The van der Waals surface area contributed by atoms with Gasteiger partial charge in [-0.05, 0) is 44.9 Å². The summed E-state index contributed by atoms with van der Waals surface area (Å²) in [6.07, 6.45) is 73.5. The number of aliphatic hydroxyl groups is 3. The van der Waals surface area contributed by atoms with Gasteiger partial charge >= 0.3 is 0 Å². The second-order valence-electron chi connectivity index (χ2n) is 21.3. The molecule has 0 heterocycles. The average molecular weight is 945 g/mol. The van der Waals surface area contributed by atoms with Crippen molar-refractivity contribution in [3.63, 3.8) is 0 Å². The fourth-order valence-electron chi connectivity index (χ4n) is 9.84. The Hall–Kier alpha value is -1.17. The fourth-order valence-corrected chi connectivity index (χ4v) is 9.84. The predicted octanol–water partition coefficient (Wildman–Crippen LogP) is 19.2. The minimum Gasteiger partial charge on any atom is -0.394 e. The van der Waals surface area contributed by atoms with Gasteiger partial charge in [-0.15, -0.1) is 0 Å². The maximum absolute atomic E-state index is 12.5. The molecule has 0 aliphatic rings. The van der Waals surface area contributed by atoms with Gasteiger partial charge in [0.15, 0.2) is 0 Å². The normalized spacial score (nSPS) is 13.3. The molecule has 0 saturated heterocycles. The van der Waals surface area contributed by atoms with Gasteiger partial charge in [0, 0.05) is 6.42 Å². The Bertz CT molecular complexity index is 998. The highest BCUT2D eigenvalue weighted by molar-refractivity contribution is 5.76. The van der Waals surface area contributed by atoms with Crippen molar-refractivity contribution in [3.05, 3.63) is 24.3 Å². The number of nitrogens with one attached hydrogen (secondary N) is 1. The molecular formula is C62H121NO4. The van der Waals surface area contributed by atoms with Crippen LogP contribution < -0.4 is 5.32 Å².